The molecule has 0 aromatic heterocycles. The monoisotopic (exact) mass is 598 g/mol. The van der Waals surface area contributed by atoms with Crippen LogP contribution in [0.15, 0.2) is 0 Å². The number of halogens is 17. The molecular formula is C14H15F17N2O2S. The molecule has 0 N–H and O–H groups in total. The third-order valence-corrected chi connectivity index (χ3v) is 5.69. The van der Waals surface area contributed by atoms with Gasteiger partial charge in [0, 0.05) is 0 Å². The van der Waals surface area contributed by atoms with Gasteiger partial charge < -0.3 is 9.21 Å². The summed E-state index contributed by atoms with van der Waals surface area (Å²) in [5.41, 5.74) is 0. The van der Waals surface area contributed by atoms with E-state index in [1.54, 1.807) is 0 Å². The number of quaternary nitrogens is 1. The van der Waals surface area contributed by atoms with E-state index in [0.717, 1.165) is 0 Å². The number of rotatable bonds is 12. The molecule has 0 aliphatic heterocycles. The summed E-state index contributed by atoms with van der Waals surface area (Å²) in [6.45, 7) is -1.54. The van der Waals surface area contributed by atoms with Crippen molar-refractivity contribution in [2.45, 2.75) is 53.4 Å². The van der Waals surface area contributed by atoms with Crippen molar-refractivity contribution in [2.24, 2.45) is 0 Å². The highest BCUT2D eigenvalue weighted by Crippen LogP contribution is 2.64. The van der Waals surface area contributed by atoms with Crippen molar-refractivity contribution in [2.75, 3.05) is 34.2 Å². The van der Waals surface area contributed by atoms with Gasteiger partial charge in [0.2, 0.25) is 0 Å². The van der Waals surface area contributed by atoms with E-state index in [2.05, 4.69) is 0 Å². The van der Waals surface area contributed by atoms with Crippen LogP contribution in [0.25, 0.3) is 4.72 Å². The smallest absolute Gasteiger partial charge is 0.460 e. The Kier molecular flexibility index (Phi) is 8.82. The first kappa shape index (κ1) is 34.7. The maximum Gasteiger partial charge on any atom is 0.460 e. The van der Waals surface area contributed by atoms with Gasteiger partial charge in [0.1, 0.15) is 10.0 Å². The molecule has 0 radical (unpaired) electrons. The zero-order valence-corrected chi connectivity index (χ0v) is 18.5. The zero-order chi connectivity index (χ0) is 29.8. The van der Waals surface area contributed by atoms with E-state index in [-0.39, 0.29) is 11.0 Å². The maximum absolute atomic E-state index is 13.8. The van der Waals surface area contributed by atoms with Crippen LogP contribution in [-0.2, 0) is 10.0 Å². The molecule has 0 spiro atoms. The molecule has 0 fully saturated rings. The summed E-state index contributed by atoms with van der Waals surface area (Å²) >= 11 is 0. The summed E-state index contributed by atoms with van der Waals surface area (Å²) in [7, 11) is -3.11. The number of hydrogen-bond acceptors (Lipinski definition) is 2. The molecule has 0 saturated carbocycles. The van der Waals surface area contributed by atoms with E-state index in [4.69, 9.17) is 0 Å². The Labute approximate surface area is 191 Å². The zero-order valence-electron chi connectivity index (χ0n) is 17.7. The fourth-order valence-corrected chi connectivity index (χ4v) is 3.11. The molecule has 4 nitrogen and oxygen atoms in total. The Bertz CT molecular complexity index is 890. The molecule has 0 aliphatic carbocycles. The first-order chi connectivity index (χ1) is 15.2. The quantitative estimate of drug-likeness (QED) is 0.163. The fourth-order valence-electron chi connectivity index (χ4n) is 2.12. The van der Waals surface area contributed by atoms with Crippen molar-refractivity contribution in [1.29, 1.82) is 0 Å². The highest BCUT2D eigenvalue weighted by Gasteiger charge is 2.95. The second-order valence-corrected chi connectivity index (χ2v) is 9.88. The molecule has 0 heterocycles. The summed E-state index contributed by atoms with van der Waals surface area (Å²) in [4.78, 5) is 0. The highest BCUT2D eigenvalue weighted by molar-refractivity contribution is 7.95. The molecule has 22 heteroatoms. The van der Waals surface area contributed by atoms with Gasteiger partial charge in [0.25, 0.3) is 0 Å². The van der Waals surface area contributed by atoms with E-state index in [9.17, 15) is 83.1 Å². The lowest BCUT2D eigenvalue weighted by Crippen LogP contribution is -2.74. The van der Waals surface area contributed by atoms with Crippen LogP contribution in [0.4, 0.5) is 74.6 Å². The SMILES string of the molecule is C[N+](C)(C)CCC[N-]S(=O)(=O)C(F)(F)C(F)(F)C(F)(F)C(F)(F)C(F)(F)C(F)(F)C(F)(F)C(F)(F)F. The van der Waals surface area contributed by atoms with Crippen LogP contribution in [0.2, 0.25) is 0 Å². The molecule has 0 unspecified atom stereocenters. The van der Waals surface area contributed by atoms with Crippen LogP contribution in [0, 0.1) is 0 Å². The molecule has 36 heavy (non-hydrogen) atoms. The molecule has 0 saturated heterocycles. The van der Waals surface area contributed by atoms with E-state index in [0.29, 0.717) is 0 Å². The molecule has 218 valence electrons. The maximum atomic E-state index is 13.8. The van der Waals surface area contributed by atoms with Gasteiger partial charge in [-0.05, 0) is 6.42 Å². The third kappa shape index (κ3) is 5.17. The van der Waals surface area contributed by atoms with Crippen LogP contribution in [0.1, 0.15) is 6.42 Å². The van der Waals surface area contributed by atoms with Gasteiger partial charge in [0.15, 0.2) is 0 Å². The van der Waals surface area contributed by atoms with E-state index >= 15 is 0 Å². The van der Waals surface area contributed by atoms with Gasteiger partial charge >= 0.3 is 47.0 Å². The average molecular weight is 598 g/mol. The Hall–Kier alpha value is -1.32. The standard InChI is InChI=1S/C14H15F17N2O2S/c1-33(2,3)6-4-5-32-36(34,35)14(30,31)12(25,26)10(21,22)8(17,18)7(15,16)9(19,20)11(23,24)13(27,28)29/h4-6H2,1-3H3. The minimum atomic E-state index is -8.84. The van der Waals surface area contributed by atoms with Gasteiger partial charge in [-0.15, -0.1) is 6.54 Å². The third-order valence-electron chi connectivity index (χ3n) is 4.27. The summed E-state index contributed by atoms with van der Waals surface area (Å²) in [6, 6.07) is 0. The lowest BCUT2D eigenvalue weighted by molar-refractivity contribution is -0.870. The summed E-state index contributed by atoms with van der Waals surface area (Å²) in [6.07, 6.45) is -8.43. The van der Waals surface area contributed by atoms with Gasteiger partial charge in [-0.1, -0.05) is 0 Å². The van der Waals surface area contributed by atoms with Crippen LogP contribution < -0.4 is 0 Å². The number of sulfonamides is 1. The van der Waals surface area contributed by atoms with Crippen molar-refractivity contribution in [3.63, 3.8) is 0 Å². The van der Waals surface area contributed by atoms with Crippen LogP contribution >= 0.6 is 0 Å². The van der Waals surface area contributed by atoms with Crippen molar-refractivity contribution >= 4 is 10.0 Å². The second-order valence-electron chi connectivity index (χ2n) is 8.16. The molecule has 0 aliphatic rings. The van der Waals surface area contributed by atoms with Gasteiger partial charge in [-0.3, -0.25) is 0 Å². The second kappa shape index (κ2) is 9.16. The summed E-state index contributed by atoms with van der Waals surface area (Å²) in [5.74, 6) is -51.6. The molecule has 0 atom stereocenters. The van der Waals surface area contributed by atoms with Crippen molar-refractivity contribution in [3.05, 3.63) is 4.72 Å². The van der Waals surface area contributed by atoms with Crippen molar-refractivity contribution in [1.82, 2.24) is 0 Å². The largest absolute Gasteiger partial charge is 0.543 e. The van der Waals surface area contributed by atoms with Crippen LogP contribution in [-0.4, -0.2) is 94.1 Å². The number of alkyl halides is 17. The average Bonchev–Trinajstić information content (AvgIpc) is 2.62. The lowest BCUT2D eigenvalue weighted by Gasteiger charge is -2.43. The molecule has 0 bridgehead atoms. The molecule has 0 aromatic rings. The Morgan fingerprint density at radius 3 is 1.17 bits per heavy atom. The first-order valence-corrected chi connectivity index (χ1v) is 10.1. The van der Waals surface area contributed by atoms with Gasteiger partial charge in [-0.25, -0.2) is 8.42 Å². The topological polar surface area (TPSA) is 48.2 Å². The lowest BCUT2D eigenvalue weighted by atomic mass is 9.91. The minimum absolute atomic E-state index is 0.0434. The minimum Gasteiger partial charge on any atom is -0.543 e. The molecule has 0 amide bonds. The van der Waals surface area contributed by atoms with Crippen molar-refractivity contribution in [3.8, 4) is 0 Å². The molecular weight excluding hydrogens is 583 g/mol. The normalized spacial score (nSPS) is 16.4. The fraction of sp³-hybridized carbons (Fsp3) is 1.00. The van der Waals surface area contributed by atoms with Crippen molar-refractivity contribution < 1.29 is 87.5 Å². The van der Waals surface area contributed by atoms with E-state index < -0.39 is 70.0 Å². The van der Waals surface area contributed by atoms with Gasteiger partial charge in [-0.2, -0.15) is 74.6 Å². The first-order valence-electron chi connectivity index (χ1n) is 8.66. The predicted octanol–water partition coefficient (Wildman–Crippen LogP) is 5.75. The Balaban J connectivity index is 6.55. The van der Waals surface area contributed by atoms with E-state index in [1.165, 1.54) is 21.1 Å². The van der Waals surface area contributed by atoms with Gasteiger partial charge in [0.05, 0.1) is 27.7 Å². The molecule has 0 aromatic carbocycles. The predicted molar refractivity (Wildman–Crippen MR) is 85.3 cm³/mol. The number of hydrogen-bond donors (Lipinski definition) is 0. The summed E-state index contributed by atoms with van der Waals surface area (Å²) in [5, 5.41) is -7.58. The van der Waals surface area contributed by atoms with Crippen LogP contribution in [0.5, 0.6) is 0 Å². The molecule has 0 rings (SSSR count). The Morgan fingerprint density at radius 1 is 0.556 bits per heavy atom. The summed E-state index contributed by atoms with van der Waals surface area (Å²) < 4.78 is 248. The van der Waals surface area contributed by atoms with E-state index in [1.807, 2.05) is 4.72 Å². The Morgan fingerprint density at radius 2 is 0.861 bits per heavy atom. The van der Waals surface area contributed by atoms with Crippen LogP contribution in [0.3, 0.4) is 0 Å². The highest BCUT2D eigenvalue weighted by atomic mass is 32.2. The number of nitrogens with zero attached hydrogens (tertiary/aromatic N) is 2.